The minimum atomic E-state index is 0.0766. The van der Waals surface area contributed by atoms with Gasteiger partial charge in [0.25, 0.3) is 0 Å². The Bertz CT molecular complexity index is 480. The highest BCUT2D eigenvalue weighted by atomic mass is 16.1. The number of nitrogens with one attached hydrogen (secondary N) is 1. The molecule has 1 unspecified atom stereocenters. The SMILES string of the molecule is NC1CC(C(N)c2ccc3c(c2)CCC(=O)N3)C1. The number of aryl methyl sites for hydroxylation is 1. The molecule has 1 aliphatic heterocycles. The van der Waals surface area contributed by atoms with E-state index in [1.165, 1.54) is 11.1 Å². The molecule has 1 atom stereocenters. The molecule has 96 valence electrons. The molecule has 3 rings (SSSR count). The van der Waals surface area contributed by atoms with Gasteiger partial charge in [-0.15, -0.1) is 0 Å². The number of carbonyl (C=O) groups excluding carboxylic acids is 1. The molecule has 18 heavy (non-hydrogen) atoms. The summed E-state index contributed by atoms with van der Waals surface area (Å²) in [4.78, 5) is 11.3. The van der Waals surface area contributed by atoms with E-state index in [2.05, 4.69) is 11.4 Å². The van der Waals surface area contributed by atoms with Crippen molar-refractivity contribution in [2.45, 2.75) is 37.8 Å². The second-order valence-corrected chi connectivity index (χ2v) is 5.48. The lowest BCUT2D eigenvalue weighted by Gasteiger charge is -2.37. The Morgan fingerprint density at radius 3 is 2.78 bits per heavy atom. The van der Waals surface area contributed by atoms with Crippen LogP contribution in [0, 0.1) is 5.92 Å². The highest BCUT2D eigenvalue weighted by molar-refractivity contribution is 5.93. The zero-order valence-corrected chi connectivity index (χ0v) is 10.4. The summed E-state index contributed by atoms with van der Waals surface area (Å²) in [7, 11) is 0. The summed E-state index contributed by atoms with van der Waals surface area (Å²) >= 11 is 0. The van der Waals surface area contributed by atoms with Crippen molar-refractivity contribution in [2.24, 2.45) is 17.4 Å². The fourth-order valence-corrected chi connectivity index (χ4v) is 2.88. The lowest BCUT2D eigenvalue weighted by molar-refractivity contribution is -0.116. The number of anilines is 1. The average Bonchev–Trinajstić information content (AvgIpc) is 2.33. The minimum absolute atomic E-state index is 0.0766. The number of hydrogen-bond donors (Lipinski definition) is 3. The van der Waals surface area contributed by atoms with Crippen molar-refractivity contribution in [3.8, 4) is 0 Å². The van der Waals surface area contributed by atoms with E-state index in [0.29, 0.717) is 18.4 Å². The van der Waals surface area contributed by atoms with Gasteiger partial charge in [0.1, 0.15) is 0 Å². The van der Waals surface area contributed by atoms with Crippen LogP contribution in [0.15, 0.2) is 18.2 Å². The van der Waals surface area contributed by atoms with Gasteiger partial charge in [-0.2, -0.15) is 0 Å². The van der Waals surface area contributed by atoms with E-state index in [-0.39, 0.29) is 11.9 Å². The van der Waals surface area contributed by atoms with Crippen molar-refractivity contribution in [2.75, 3.05) is 5.32 Å². The molecule has 4 heteroatoms. The van der Waals surface area contributed by atoms with Gasteiger partial charge in [0.2, 0.25) is 5.91 Å². The third-order valence-electron chi connectivity index (χ3n) is 4.13. The van der Waals surface area contributed by atoms with E-state index in [1.807, 2.05) is 12.1 Å². The number of carbonyl (C=O) groups is 1. The van der Waals surface area contributed by atoms with E-state index in [1.54, 1.807) is 0 Å². The third-order valence-corrected chi connectivity index (χ3v) is 4.13. The van der Waals surface area contributed by atoms with Gasteiger partial charge in [0.15, 0.2) is 0 Å². The van der Waals surface area contributed by atoms with Crippen LogP contribution in [0.2, 0.25) is 0 Å². The van der Waals surface area contributed by atoms with Crippen molar-refractivity contribution < 1.29 is 4.79 Å². The molecule has 5 N–H and O–H groups in total. The molecule has 0 saturated heterocycles. The van der Waals surface area contributed by atoms with Crippen molar-refractivity contribution in [3.63, 3.8) is 0 Å². The normalized spacial score (nSPS) is 28.0. The van der Waals surface area contributed by atoms with E-state index in [0.717, 1.165) is 24.9 Å². The first kappa shape index (κ1) is 11.7. The number of benzene rings is 1. The lowest BCUT2D eigenvalue weighted by atomic mass is 9.74. The zero-order valence-electron chi connectivity index (χ0n) is 10.4. The summed E-state index contributed by atoms with van der Waals surface area (Å²) in [6, 6.07) is 6.55. The van der Waals surface area contributed by atoms with Crippen LogP contribution in [-0.4, -0.2) is 11.9 Å². The van der Waals surface area contributed by atoms with Crippen LogP contribution < -0.4 is 16.8 Å². The van der Waals surface area contributed by atoms with Crippen LogP contribution >= 0.6 is 0 Å². The fourth-order valence-electron chi connectivity index (χ4n) is 2.88. The van der Waals surface area contributed by atoms with Gasteiger partial charge in [0, 0.05) is 24.2 Å². The molecule has 0 bridgehead atoms. The number of amides is 1. The molecule has 1 amide bonds. The number of rotatable bonds is 2. The van der Waals surface area contributed by atoms with Gasteiger partial charge in [-0.25, -0.2) is 0 Å². The van der Waals surface area contributed by atoms with Crippen LogP contribution in [0.1, 0.15) is 36.4 Å². The molecule has 1 saturated carbocycles. The van der Waals surface area contributed by atoms with E-state index in [4.69, 9.17) is 11.5 Å². The van der Waals surface area contributed by atoms with Gasteiger partial charge in [-0.05, 0) is 42.4 Å². The van der Waals surface area contributed by atoms with Crippen LogP contribution in [0.5, 0.6) is 0 Å². The molecule has 0 radical (unpaired) electrons. The molecular weight excluding hydrogens is 226 g/mol. The molecule has 0 aromatic heterocycles. The molecule has 1 aliphatic carbocycles. The highest BCUT2D eigenvalue weighted by Gasteiger charge is 2.32. The van der Waals surface area contributed by atoms with Crippen LogP contribution in [-0.2, 0) is 11.2 Å². The quantitative estimate of drug-likeness (QED) is 0.734. The standard InChI is InChI=1S/C14H19N3O/c15-11-6-10(7-11)14(16)9-1-3-12-8(5-9)2-4-13(18)17-12/h1,3,5,10-11,14H,2,4,6-7,15-16H2,(H,17,18). The number of nitrogens with two attached hydrogens (primary N) is 2. The first-order chi connectivity index (χ1) is 8.63. The maximum Gasteiger partial charge on any atom is 0.224 e. The maximum absolute atomic E-state index is 11.3. The summed E-state index contributed by atoms with van der Waals surface area (Å²) in [6.07, 6.45) is 3.43. The van der Waals surface area contributed by atoms with Crippen LogP contribution in [0.25, 0.3) is 0 Å². The molecule has 4 nitrogen and oxygen atoms in total. The summed E-state index contributed by atoms with van der Waals surface area (Å²) in [5, 5.41) is 2.89. The van der Waals surface area contributed by atoms with Gasteiger partial charge < -0.3 is 16.8 Å². The van der Waals surface area contributed by atoms with Crippen molar-refractivity contribution in [1.29, 1.82) is 0 Å². The topological polar surface area (TPSA) is 81.1 Å². The number of hydrogen-bond acceptors (Lipinski definition) is 3. The van der Waals surface area contributed by atoms with Crippen LogP contribution in [0.4, 0.5) is 5.69 Å². The predicted octanol–water partition coefficient (Wildman–Crippen LogP) is 1.31. The smallest absolute Gasteiger partial charge is 0.224 e. The fraction of sp³-hybridized carbons (Fsp3) is 0.500. The molecule has 1 aromatic carbocycles. The second kappa shape index (κ2) is 4.37. The molecular formula is C14H19N3O. The van der Waals surface area contributed by atoms with Crippen LogP contribution in [0.3, 0.4) is 0 Å². The Balaban J connectivity index is 1.79. The molecule has 1 aromatic rings. The zero-order chi connectivity index (χ0) is 12.7. The number of fused-ring (bicyclic) bond motifs is 1. The Morgan fingerprint density at radius 2 is 2.06 bits per heavy atom. The predicted molar refractivity (Wildman–Crippen MR) is 71.0 cm³/mol. The largest absolute Gasteiger partial charge is 0.328 e. The monoisotopic (exact) mass is 245 g/mol. The van der Waals surface area contributed by atoms with Gasteiger partial charge >= 0.3 is 0 Å². The van der Waals surface area contributed by atoms with Gasteiger partial charge in [-0.3, -0.25) is 4.79 Å². The first-order valence-corrected chi connectivity index (χ1v) is 6.57. The van der Waals surface area contributed by atoms with E-state index in [9.17, 15) is 4.79 Å². The van der Waals surface area contributed by atoms with E-state index >= 15 is 0 Å². The van der Waals surface area contributed by atoms with Crippen molar-refractivity contribution >= 4 is 11.6 Å². The average molecular weight is 245 g/mol. The molecule has 1 heterocycles. The highest BCUT2D eigenvalue weighted by Crippen LogP contribution is 2.36. The second-order valence-electron chi connectivity index (χ2n) is 5.48. The Hall–Kier alpha value is -1.39. The first-order valence-electron chi connectivity index (χ1n) is 6.57. The maximum atomic E-state index is 11.3. The summed E-state index contributed by atoms with van der Waals surface area (Å²) in [6.45, 7) is 0. The van der Waals surface area contributed by atoms with Crippen molar-refractivity contribution in [1.82, 2.24) is 0 Å². The van der Waals surface area contributed by atoms with Gasteiger partial charge in [-0.1, -0.05) is 12.1 Å². The minimum Gasteiger partial charge on any atom is -0.328 e. The Labute approximate surface area is 107 Å². The summed E-state index contributed by atoms with van der Waals surface area (Å²) < 4.78 is 0. The third kappa shape index (κ3) is 2.02. The molecule has 2 aliphatic rings. The molecule has 0 spiro atoms. The lowest BCUT2D eigenvalue weighted by Crippen LogP contribution is -2.41. The van der Waals surface area contributed by atoms with E-state index < -0.39 is 0 Å². The Kier molecular flexibility index (Phi) is 2.84. The van der Waals surface area contributed by atoms with Crippen molar-refractivity contribution in [3.05, 3.63) is 29.3 Å². The summed E-state index contributed by atoms with van der Waals surface area (Å²) in [5.41, 5.74) is 15.4. The Morgan fingerprint density at radius 1 is 1.28 bits per heavy atom. The van der Waals surface area contributed by atoms with Gasteiger partial charge in [0.05, 0.1) is 0 Å². The summed E-state index contributed by atoms with van der Waals surface area (Å²) in [5.74, 6) is 0.612. The molecule has 1 fully saturated rings.